The molecule has 3 aliphatic rings. The van der Waals surface area contributed by atoms with E-state index in [9.17, 15) is 0 Å². The van der Waals surface area contributed by atoms with Crippen LogP contribution in [0.2, 0.25) is 0 Å². The molecule has 180 valence electrons. The summed E-state index contributed by atoms with van der Waals surface area (Å²) in [5, 5.41) is 0. The molecular formula is C32H42NS+. The minimum atomic E-state index is 0.160. The molecular weight excluding hydrogens is 430 g/mol. The van der Waals surface area contributed by atoms with Crippen LogP contribution in [0.5, 0.6) is 0 Å². The van der Waals surface area contributed by atoms with Gasteiger partial charge in [-0.15, -0.1) is 0 Å². The van der Waals surface area contributed by atoms with Gasteiger partial charge in [0.1, 0.15) is 13.1 Å². The first-order valence-corrected chi connectivity index (χ1v) is 13.5. The van der Waals surface area contributed by atoms with Gasteiger partial charge in [-0.1, -0.05) is 102 Å². The molecule has 0 N–H and O–H groups in total. The highest BCUT2D eigenvalue weighted by atomic mass is 32.2. The van der Waals surface area contributed by atoms with Gasteiger partial charge in [0.05, 0.1) is 0 Å². The zero-order valence-corrected chi connectivity index (χ0v) is 22.8. The molecule has 0 radical (unpaired) electrons. The summed E-state index contributed by atoms with van der Waals surface area (Å²) < 4.78 is 2.50. The fourth-order valence-corrected chi connectivity index (χ4v) is 5.13. The van der Waals surface area contributed by atoms with Gasteiger partial charge in [0, 0.05) is 25.0 Å². The Morgan fingerprint density at radius 1 is 0.618 bits per heavy atom. The van der Waals surface area contributed by atoms with Crippen molar-refractivity contribution in [1.29, 1.82) is 0 Å². The highest BCUT2D eigenvalue weighted by Crippen LogP contribution is 2.48. The van der Waals surface area contributed by atoms with E-state index < -0.39 is 0 Å². The molecule has 0 aromatic carbocycles. The van der Waals surface area contributed by atoms with Crippen molar-refractivity contribution in [3.05, 3.63) is 106 Å². The molecule has 0 spiro atoms. The number of allylic oxidation sites excluding steroid dienone is 18. The van der Waals surface area contributed by atoms with E-state index in [1.54, 1.807) is 0 Å². The first-order valence-electron chi connectivity index (χ1n) is 12.7. The fourth-order valence-electron chi connectivity index (χ4n) is 3.90. The van der Waals surface area contributed by atoms with Crippen molar-refractivity contribution >= 4 is 17.5 Å². The summed E-state index contributed by atoms with van der Waals surface area (Å²) in [7, 11) is 0. The molecule has 1 aliphatic carbocycles. The lowest BCUT2D eigenvalue weighted by molar-refractivity contribution is -0.535. The second-order valence-corrected chi connectivity index (χ2v) is 12.3. The lowest BCUT2D eigenvalue weighted by Gasteiger charge is -2.31. The second kappa shape index (κ2) is 11.9. The third kappa shape index (κ3) is 8.17. The lowest BCUT2D eigenvalue weighted by Crippen LogP contribution is -2.25. The highest BCUT2D eigenvalue weighted by molar-refractivity contribution is 8.06. The fraction of sp³-hybridized carbons (Fsp3) is 0.406. The molecule has 0 aromatic heterocycles. The molecule has 1 nitrogen and oxygen atoms in total. The standard InChI is InChI=1S/C32H42NS/c1-31(2,3)29-24-27(25-30(34-29)32(4,5)6)17-13-10-8-7-9-12-16-26-18-20-28(21-19-26)33-22-14-11-15-23-33/h7-10,12-13,16-21,24-25H,11,14-15,22-23H2,1-6H3/q+1/b8-7+,12-9+,13-10+. The zero-order chi connectivity index (χ0) is 24.6. The summed E-state index contributed by atoms with van der Waals surface area (Å²) in [6.07, 6.45) is 34.6. The van der Waals surface area contributed by atoms with Crippen LogP contribution in [-0.4, -0.2) is 23.4 Å². The van der Waals surface area contributed by atoms with E-state index in [1.165, 1.54) is 59.0 Å². The van der Waals surface area contributed by atoms with E-state index in [4.69, 9.17) is 0 Å². The van der Waals surface area contributed by atoms with Crippen LogP contribution in [-0.2, 0) is 0 Å². The van der Waals surface area contributed by atoms with Crippen LogP contribution in [0, 0.1) is 10.8 Å². The van der Waals surface area contributed by atoms with Crippen molar-refractivity contribution in [1.82, 2.24) is 0 Å². The van der Waals surface area contributed by atoms with E-state index in [1.807, 2.05) is 11.8 Å². The molecule has 0 unspecified atom stereocenters. The van der Waals surface area contributed by atoms with Crippen molar-refractivity contribution in [3.63, 3.8) is 0 Å². The molecule has 0 atom stereocenters. The van der Waals surface area contributed by atoms with Crippen molar-refractivity contribution in [2.24, 2.45) is 10.8 Å². The topological polar surface area (TPSA) is 3.01 Å². The summed E-state index contributed by atoms with van der Waals surface area (Å²) in [6.45, 7) is 16.1. The quantitative estimate of drug-likeness (QED) is 0.291. The maximum absolute atomic E-state index is 2.50. The van der Waals surface area contributed by atoms with Gasteiger partial charge in [-0.3, -0.25) is 0 Å². The first kappa shape index (κ1) is 26.3. The van der Waals surface area contributed by atoms with Gasteiger partial charge in [-0.25, -0.2) is 4.58 Å². The monoisotopic (exact) mass is 472 g/mol. The minimum Gasteiger partial charge on any atom is -0.230 e. The summed E-state index contributed by atoms with van der Waals surface area (Å²) >= 11 is 1.94. The average molecular weight is 473 g/mol. The summed E-state index contributed by atoms with van der Waals surface area (Å²) in [4.78, 5) is 2.86. The first-order chi connectivity index (χ1) is 16.1. The lowest BCUT2D eigenvalue weighted by atomic mass is 9.91. The Morgan fingerprint density at radius 3 is 1.59 bits per heavy atom. The summed E-state index contributed by atoms with van der Waals surface area (Å²) in [6, 6.07) is 0. The minimum absolute atomic E-state index is 0.160. The number of nitrogens with zero attached hydrogens (tertiary/aromatic N) is 1. The molecule has 0 amide bonds. The maximum atomic E-state index is 2.50. The Balaban J connectivity index is 1.57. The van der Waals surface area contributed by atoms with Gasteiger partial charge in [-0.05, 0) is 62.5 Å². The predicted octanol–water partition coefficient (Wildman–Crippen LogP) is 8.88. The van der Waals surface area contributed by atoms with E-state index >= 15 is 0 Å². The SMILES string of the molecule is CC(C)(C)C1=CC(=C/C=C/C=C/C=C/C=C2C=CC(=[N+]3CCCCC3)C=C2)C=C(C(C)(C)C)S1. The molecule has 2 aliphatic heterocycles. The third-order valence-corrected chi connectivity index (χ3v) is 7.94. The summed E-state index contributed by atoms with van der Waals surface area (Å²) in [5.74, 6) is 0. The van der Waals surface area contributed by atoms with Gasteiger partial charge in [0.2, 0.25) is 0 Å². The van der Waals surface area contributed by atoms with Crippen LogP contribution in [0.3, 0.4) is 0 Å². The number of hydrogen-bond acceptors (Lipinski definition) is 1. The smallest absolute Gasteiger partial charge is 0.199 e. The zero-order valence-electron chi connectivity index (χ0n) is 22.0. The van der Waals surface area contributed by atoms with Crippen LogP contribution in [0.15, 0.2) is 106 Å². The normalized spacial score (nSPS) is 20.1. The number of rotatable bonds is 4. The Bertz CT molecular complexity index is 989. The van der Waals surface area contributed by atoms with Crippen molar-refractivity contribution in [2.75, 3.05) is 13.1 Å². The van der Waals surface area contributed by atoms with Crippen molar-refractivity contribution in [2.45, 2.75) is 60.8 Å². The highest BCUT2D eigenvalue weighted by Gasteiger charge is 2.27. The summed E-state index contributed by atoms with van der Waals surface area (Å²) in [5.41, 5.74) is 4.19. The Kier molecular flexibility index (Phi) is 9.19. The van der Waals surface area contributed by atoms with Crippen LogP contribution >= 0.6 is 11.8 Å². The van der Waals surface area contributed by atoms with E-state index in [0.717, 1.165) is 0 Å². The molecule has 0 aromatic rings. The van der Waals surface area contributed by atoms with Gasteiger partial charge >= 0.3 is 0 Å². The molecule has 3 rings (SSSR count). The third-order valence-electron chi connectivity index (χ3n) is 6.04. The molecule has 2 heteroatoms. The van der Waals surface area contributed by atoms with Crippen LogP contribution in [0.25, 0.3) is 0 Å². The maximum Gasteiger partial charge on any atom is 0.199 e. The van der Waals surface area contributed by atoms with Gasteiger partial charge < -0.3 is 0 Å². The van der Waals surface area contributed by atoms with Crippen LogP contribution < -0.4 is 0 Å². The average Bonchev–Trinajstić information content (AvgIpc) is 2.80. The van der Waals surface area contributed by atoms with Gasteiger partial charge in [0.25, 0.3) is 0 Å². The largest absolute Gasteiger partial charge is 0.230 e. The van der Waals surface area contributed by atoms with E-state index in [2.05, 4.69) is 131 Å². The second-order valence-electron chi connectivity index (χ2n) is 11.2. The number of hydrogen-bond donors (Lipinski definition) is 0. The van der Waals surface area contributed by atoms with Crippen molar-refractivity contribution in [3.8, 4) is 0 Å². The van der Waals surface area contributed by atoms with E-state index in [-0.39, 0.29) is 10.8 Å². The molecule has 1 fully saturated rings. The van der Waals surface area contributed by atoms with Gasteiger partial charge in [0.15, 0.2) is 5.71 Å². The molecule has 1 saturated heterocycles. The number of piperidine rings is 1. The van der Waals surface area contributed by atoms with Gasteiger partial charge in [-0.2, -0.15) is 0 Å². The Hall–Kier alpha value is -2.32. The Morgan fingerprint density at radius 2 is 1.09 bits per heavy atom. The molecule has 2 heterocycles. The Labute approximate surface area is 212 Å². The molecule has 0 bridgehead atoms. The van der Waals surface area contributed by atoms with Crippen LogP contribution in [0.4, 0.5) is 0 Å². The number of thioether (sulfide) groups is 1. The van der Waals surface area contributed by atoms with E-state index in [0.29, 0.717) is 0 Å². The predicted molar refractivity (Wildman–Crippen MR) is 153 cm³/mol. The molecule has 0 saturated carbocycles. The van der Waals surface area contributed by atoms with Crippen LogP contribution in [0.1, 0.15) is 60.8 Å². The molecule has 34 heavy (non-hydrogen) atoms. The van der Waals surface area contributed by atoms with Crippen molar-refractivity contribution < 1.29 is 4.58 Å².